The van der Waals surface area contributed by atoms with Gasteiger partial charge >= 0.3 is 0 Å². The van der Waals surface area contributed by atoms with E-state index in [0.29, 0.717) is 18.1 Å². The molecule has 0 unspecified atom stereocenters. The van der Waals surface area contributed by atoms with Gasteiger partial charge in [0.2, 0.25) is 0 Å². The number of fused-ring (bicyclic) bond motifs is 1. The van der Waals surface area contributed by atoms with Crippen LogP contribution in [-0.4, -0.2) is 22.8 Å². The molecule has 2 aromatic rings. The summed E-state index contributed by atoms with van der Waals surface area (Å²) in [5.74, 6) is 0.523. The third kappa shape index (κ3) is 2.06. The minimum Gasteiger partial charge on any atom is -0.379 e. The molecule has 2 aromatic heterocycles. The van der Waals surface area contributed by atoms with Crippen LogP contribution >= 0.6 is 0 Å². The molecule has 0 N–H and O–H groups in total. The maximum Gasteiger partial charge on any atom is 0.140 e. The average Bonchev–Trinajstić information content (AvgIpc) is 3.02. The van der Waals surface area contributed by atoms with E-state index in [-0.39, 0.29) is 0 Å². The van der Waals surface area contributed by atoms with Crippen molar-refractivity contribution in [1.82, 2.24) is 9.55 Å². The van der Waals surface area contributed by atoms with Gasteiger partial charge in [-0.3, -0.25) is 0 Å². The number of nitrogens with zero attached hydrogens (tertiary/aromatic N) is 2. The summed E-state index contributed by atoms with van der Waals surface area (Å²) in [5, 5.41) is 1.29. The first-order valence-corrected chi connectivity index (χ1v) is 7.20. The lowest BCUT2D eigenvalue weighted by Gasteiger charge is -2.20. The van der Waals surface area contributed by atoms with Crippen molar-refractivity contribution in [2.75, 3.05) is 7.11 Å². The molecule has 3 heteroatoms. The highest BCUT2D eigenvalue weighted by Gasteiger charge is 2.30. The van der Waals surface area contributed by atoms with E-state index in [1.165, 1.54) is 23.8 Å². The van der Waals surface area contributed by atoms with E-state index in [4.69, 9.17) is 4.74 Å². The van der Waals surface area contributed by atoms with E-state index in [1.807, 2.05) is 19.4 Å². The van der Waals surface area contributed by atoms with Gasteiger partial charge in [0.1, 0.15) is 5.65 Å². The van der Waals surface area contributed by atoms with Gasteiger partial charge in [0.05, 0.1) is 12.1 Å². The number of ether oxygens (including phenoxy) is 1. The van der Waals surface area contributed by atoms with E-state index in [1.54, 1.807) is 0 Å². The van der Waals surface area contributed by atoms with E-state index >= 15 is 0 Å². The molecule has 2 atom stereocenters. The number of hydrogen-bond donors (Lipinski definition) is 0. The van der Waals surface area contributed by atoms with E-state index in [9.17, 15) is 0 Å². The summed E-state index contributed by atoms with van der Waals surface area (Å²) >= 11 is 0. The van der Waals surface area contributed by atoms with Crippen molar-refractivity contribution in [3.63, 3.8) is 0 Å². The number of hydrogen-bond acceptors (Lipinski definition) is 2. The van der Waals surface area contributed by atoms with Crippen molar-refractivity contribution in [3.8, 4) is 0 Å². The number of pyridine rings is 1. The Hall–Kier alpha value is -1.35. The molecule has 1 saturated carbocycles. The molecular weight excluding hydrogens is 236 g/mol. The molecule has 3 nitrogen and oxygen atoms in total. The minimum absolute atomic E-state index is 0.331. The first-order chi connectivity index (χ1) is 9.22. The summed E-state index contributed by atoms with van der Waals surface area (Å²) in [4.78, 5) is 4.60. The van der Waals surface area contributed by atoms with Crippen molar-refractivity contribution >= 4 is 11.0 Å². The SMILES string of the molecule is CO[C@H]1CCC[C@@H]1n1cc(C(C)C)c2cccnc21. The van der Waals surface area contributed by atoms with Gasteiger partial charge < -0.3 is 9.30 Å². The van der Waals surface area contributed by atoms with Crippen LogP contribution in [0.1, 0.15) is 50.6 Å². The fraction of sp³-hybridized carbons (Fsp3) is 0.562. The highest BCUT2D eigenvalue weighted by atomic mass is 16.5. The van der Waals surface area contributed by atoms with Gasteiger partial charge in [0, 0.05) is 24.9 Å². The quantitative estimate of drug-likeness (QED) is 0.835. The molecule has 1 fully saturated rings. The average molecular weight is 258 g/mol. The Labute approximate surface area is 114 Å². The van der Waals surface area contributed by atoms with Crippen molar-refractivity contribution in [1.29, 1.82) is 0 Å². The molecule has 1 aliphatic carbocycles. The summed E-state index contributed by atoms with van der Waals surface area (Å²) in [6, 6.07) is 4.65. The topological polar surface area (TPSA) is 27.1 Å². The third-order valence-electron chi connectivity index (χ3n) is 4.32. The van der Waals surface area contributed by atoms with Crippen LogP contribution in [0, 0.1) is 0 Å². The normalized spacial score (nSPS) is 23.6. The number of rotatable bonds is 3. The Morgan fingerprint density at radius 2 is 2.21 bits per heavy atom. The highest BCUT2D eigenvalue weighted by molar-refractivity contribution is 5.81. The zero-order chi connectivity index (χ0) is 13.4. The standard InChI is InChI=1S/C16H22N2O/c1-11(2)13-10-18(14-7-4-8-15(14)19-3)16-12(13)6-5-9-17-16/h5-6,9-11,14-15H,4,7-8H2,1-3H3/t14-,15-/m0/s1. The monoisotopic (exact) mass is 258 g/mol. The fourth-order valence-corrected chi connectivity index (χ4v) is 3.32. The maximum absolute atomic E-state index is 5.65. The molecule has 1 aliphatic rings. The summed E-state index contributed by atoms with van der Waals surface area (Å²) in [5.41, 5.74) is 2.50. The van der Waals surface area contributed by atoms with E-state index in [0.717, 1.165) is 12.1 Å². The molecule has 0 amide bonds. The summed E-state index contributed by atoms with van der Waals surface area (Å²) in [7, 11) is 1.82. The predicted octanol–water partition coefficient (Wildman–Crippen LogP) is 3.90. The number of methoxy groups -OCH3 is 1. The molecule has 0 bridgehead atoms. The van der Waals surface area contributed by atoms with Gasteiger partial charge in [-0.1, -0.05) is 13.8 Å². The van der Waals surface area contributed by atoms with Crippen molar-refractivity contribution in [2.24, 2.45) is 0 Å². The lowest BCUT2D eigenvalue weighted by atomic mass is 10.0. The highest BCUT2D eigenvalue weighted by Crippen LogP contribution is 2.36. The molecule has 19 heavy (non-hydrogen) atoms. The van der Waals surface area contributed by atoms with Gasteiger partial charge in [-0.05, 0) is 42.9 Å². The van der Waals surface area contributed by atoms with E-state index in [2.05, 4.69) is 35.7 Å². The van der Waals surface area contributed by atoms with Crippen LogP contribution in [-0.2, 0) is 4.74 Å². The van der Waals surface area contributed by atoms with Gasteiger partial charge in [0.15, 0.2) is 0 Å². The van der Waals surface area contributed by atoms with Gasteiger partial charge in [-0.15, -0.1) is 0 Å². The van der Waals surface area contributed by atoms with Crippen LogP contribution in [0.15, 0.2) is 24.5 Å². The second-order valence-corrected chi connectivity index (χ2v) is 5.79. The molecule has 0 aromatic carbocycles. The maximum atomic E-state index is 5.65. The Balaban J connectivity index is 2.13. The summed E-state index contributed by atoms with van der Waals surface area (Å²) in [6.07, 6.45) is 8.11. The van der Waals surface area contributed by atoms with Gasteiger partial charge in [0.25, 0.3) is 0 Å². The van der Waals surface area contributed by atoms with Crippen LogP contribution in [0.4, 0.5) is 0 Å². The molecule has 102 valence electrons. The Morgan fingerprint density at radius 1 is 1.37 bits per heavy atom. The Morgan fingerprint density at radius 3 is 2.95 bits per heavy atom. The molecular formula is C16H22N2O. The third-order valence-corrected chi connectivity index (χ3v) is 4.32. The van der Waals surface area contributed by atoms with Crippen LogP contribution in [0.2, 0.25) is 0 Å². The molecule has 0 radical (unpaired) electrons. The van der Waals surface area contributed by atoms with Crippen molar-refractivity contribution in [3.05, 3.63) is 30.1 Å². The van der Waals surface area contributed by atoms with Crippen LogP contribution in [0.3, 0.4) is 0 Å². The second kappa shape index (κ2) is 4.97. The largest absolute Gasteiger partial charge is 0.379 e. The predicted molar refractivity (Wildman–Crippen MR) is 77.5 cm³/mol. The zero-order valence-electron chi connectivity index (χ0n) is 12.0. The first-order valence-electron chi connectivity index (χ1n) is 7.20. The summed E-state index contributed by atoms with van der Waals surface area (Å²) in [6.45, 7) is 4.49. The van der Waals surface area contributed by atoms with Crippen LogP contribution < -0.4 is 0 Å². The minimum atomic E-state index is 0.331. The molecule has 0 saturated heterocycles. The van der Waals surface area contributed by atoms with Gasteiger partial charge in [-0.2, -0.15) is 0 Å². The number of aromatic nitrogens is 2. The molecule has 3 rings (SSSR count). The van der Waals surface area contributed by atoms with E-state index < -0.39 is 0 Å². The zero-order valence-corrected chi connectivity index (χ0v) is 12.0. The fourth-order valence-electron chi connectivity index (χ4n) is 3.32. The molecule has 0 aliphatic heterocycles. The van der Waals surface area contributed by atoms with Crippen LogP contribution in [0.25, 0.3) is 11.0 Å². The van der Waals surface area contributed by atoms with Crippen LogP contribution in [0.5, 0.6) is 0 Å². The lowest BCUT2D eigenvalue weighted by Crippen LogP contribution is -2.20. The Kier molecular flexibility index (Phi) is 3.31. The van der Waals surface area contributed by atoms with Crippen molar-refractivity contribution < 1.29 is 4.74 Å². The molecule has 2 heterocycles. The molecule has 0 spiro atoms. The summed E-state index contributed by atoms with van der Waals surface area (Å²) < 4.78 is 8.00. The Bertz CT molecular complexity index is 573. The second-order valence-electron chi connectivity index (χ2n) is 5.79. The van der Waals surface area contributed by atoms with Crippen molar-refractivity contribution in [2.45, 2.75) is 51.2 Å². The first kappa shape index (κ1) is 12.7. The smallest absolute Gasteiger partial charge is 0.140 e. The van der Waals surface area contributed by atoms with Gasteiger partial charge in [-0.25, -0.2) is 4.98 Å². The lowest BCUT2D eigenvalue weighted by molar-refractivity contribution is 0.0761.